The van der Waals surface area contributed by atoms with Crippen LogP contribution in [-0.2, 0) is 4.79 Å². The Labute approximate surface area is 179 Å². The van der Waals surface area contributed by atoms with Crippen LogP contribution in [0.4, 0.5) is 10.8 Å². The number of para-hydroxylation sites is 1. The van der Waals surface area contributed by atoms with E-state index >= 15 is 0 Å². The predicted molar refractivity (Wildman–Crippen MR) is 122 cm³/mol. The fourth-order valence-corrected chi connectivity index (χ4v) is 3.36. The maximum atomic E-state index is 11.1. The normalized spacial score (nSPS) is 10.8. The minimum atomic E-state index is -0.0972. The van der Waals surface area contributed by atoms with E-state index in [1.165, 1.54) is 18.3 Å². The van der Waals surface area contributed by atoms with Gasteiger partial charge in [-0.25, -0.2) is 4.98 Å². The minimum Gasteiger partial charge on any atom is -0.493 e. The Bertz CT molecular complexity index is 1020. The number of hydrogen-bond acceptors (Lipinski definition) is 7. The van der Waals surface area contributed by atoms with Gasteiger partial charge in [-0.1, -0.05) is 25.1 Å². The summed E-state index contributed by atoms with van der Waals surface area (Å²) in [5, 5.41) is 9.67. The van der Waals surface area contributed by atoms with E-state index in [1.54, 1.807) is 13.3 Å². The van der Waals surface area contributed by atoms with Crippen molar-refractivity contribution in [3.63, 3.8) is 0 Å². The first kappa shape index (κ1) is 21.3. The molecule has 156 valence electrons. The van der Waals surface area contributed by atoms with E-state index in [1.807, 2.05) is 47.8 Å². The summed E-state index contributed by atoms with van der Waals surface area (Å²) < 4.78 is 11.2. The number of carbonyl (C=O) groups is 1. The molecular weight excluding hydrogens is 400 g/mol. The van der Waals surface area contributed by atoms with Crippen LogP contribution in [0.1, 0.15) is 25.8 Å². The average Bonchev–Trinajstić information content (AvgIpc) is 3.21. The molecule has 30 heavy (non-hydrogen) atoms. The van der Waals surface area contributed by atoms with Crippen LogP contribution in [0.3, 0.4) is 0 Å². The van der Waals surface area contributed by atoms with Gasteiger partial charge in [0, 0.05) is 29.1 Å². The highest BCUT2D eigenvalue weighted by atomic mass is 32.1. The number of carbonyl (C=O) groups excluding carboxylic acids is 1. The summed E-state index contributed by atoms with van der Waals surface area (Å²) in [6.07, 6.45) is 2.59. The molecule has 1 aromatic heterocycles. The molecule has 0 bridgehead atoms. The number of nitrogens with zero attached hydrogens (tertiary/aromatic N) is 2. The van der Waals surface area contributed by atoms with Crippen LogP contribution in [0, 0.1) is 0 Å². The lowest BCUT2D eigenvalue weighted by Crippen LogP contribution is -2.05. The van der Waals surface area contributed by atoms with Crippen molar-refractivity contribution in [2.24, 2.45) is 5.10 Å². The Morgan fingerprint density at radius 1 is 1.23 bits per heavy atom. The third kappa shape index (κ3) is 5.57. The van der Waals surface area contributed by atoms with Crippen molar-refractivity contribution in [3.8, 4) is 22.8 Å². The van der Waals surface area contributed by atoms with Gasteiger partial charge in [0.05, 0.1) is 25.6 Å². The Morgan fingerprint density at radius 3 is 2.73 bits per heavy atom. The van der Waals surface area contributed by atoms with E-state index in [2.05, 4.69) is 27.8 Å². The molecule has 0 aliphatic rings. The van der Waals surface area contributed by atoms with Gasteiger partial charge in [0.25, 0.3) is 0 Å². The fraction of sp³-hybridized carbons (Fsp3) is 0.227. The lowest BCUT2D eigenvalue weighted by atomic mass is 10.1. The monoisotopic (exact) mass is 424 g/mol. The van der Waals surface area contributed by atoms with Crippen LogP contribution in [0.2, 0.25) is 0 Å². The second-order valence-electron chi connectivity index (χ2n) is 6.39. The van der Waals surface area contributed by atoms with Gasteiger partial charge in [-0.05, 0) is 30.7 Å². The average molecular weight is 425 g/mol. The lowest BCUT2D eigenvalue weighted by molar-refractivity contribution is -0.114. The standard InChI is InChI=1S/C22H24N4O3S/c1-4-12-29-21-17(6-5-7-20(21)28-3)13-23-26-22-25-19(14-30-22)16-8-10-18(11-9-16)24-15(2)27/h5-11,13-14H,4,12H2,1-3H3,(H,24,27)(H,25,26)/b23-13-. The first-order chi connectivity index (χ1) is 14.6. The van der Waals surface area contributed by atoms with Crippen molar-refractivity contribution < 1.29 is 14.3 Å². The highest BCUT2D eigenvalue weighted by molar-refractivity contribution is 7.14. The lowest BCUT2D eigenvalue weighted by Gasteiger charge is -2.12. The number of anilines is 2. The van der Waals surface area contributed by atoms with E-state index in [0.717, 1.165) is 28.9 Å². The summed E-state index contributed by atoms with van der Waals surface area (Å²) in [5.74, 6) is 1.25. The highest BCUT2D eigenvalue weighted by Gasteiger charge is 2.09. The molecule has 8 heteroatoms. The Balaban J connectivity index is 1.68. The van der Waals surface area contributed by atoms with E-state index < -0.39 is 0 Å². The molecule has 0 saturated carbocycles. The SMILES string of the molecule is CCCOc1c(/C=N\Nc2nc(-c3ccc(NC(C)=O)cc3)cs2)cccc1OC. The maximum absolute atomic E-state index is 11.1. The van der Waals surface area contributed by atoms with Crippen molar-refractivity contribution in [1.29, 1.82) is 0 Å². The summed E-state index contributed by atoms with van der Waals surface area (Å²) in [6.45, 7) is 4.14. The molecule has 3 aromatic rings. The molecule has 0 fully saturated rings. The van der Waals surface area contributed by atoms with Crippen LogP contribution in [0.5, 0.6) is 11.5 Å². The van der Waals surface area contributed by atoms with Crippen LogP contribution < -0.4 is 20.2 Å². The second-order valence-corrected chi connectivity index (χ2v) is 7.25. The van der Waals surface area contributed by atoms with Crippen molar-refractivity contribution in [2.45, 2.75) is 20.3 Å². The third-order valence-electron chi connectivity index (χ3n) is 4.05. The van der Waals surface area contributed by atoms with Crippen LogP contribution in [0.25, 0.3) is 11.3 Å². The zero-order valence-electron chi connectivity index (χ0n) is 17.1. The Hall–Kier alpha value is -3.39. The molecule has 2 aromatic carbocycles. The van der Waals surface area contributed by atoms with E-state index in [0.29, 0.717) is 23.2 Å². The molecule has 3 rings (SSSR count). The maximum Gasteiger partial charge on any atom is 0.221 e. The third-order valence-corrected chi connectivity index (χ3v) is 4.80. The predicted octanol–water partition coefficient (Wildman–Crippen LogP) is 5.01. The molecule has 0 aliphatic heterocycles. The van der Waals surface area contributed by atoms with Gasteiger partial charge in [-0.3, -0.25) is 10.2 Å². The molecule has 0 spiro atoms. The molecule has 0 aliphatic carbocycles. The number of rotatable bonds is 9. The summed E-state index contributed by atoms with van der Waals surface area (Å²) in [4.78, 5) is 15.7. The number of amides is 1. The van der Waals surface area contributed by atoms with Crippen molar-refractivity contribution >= 4 is 34.3 Å². The number of thiazole rings is 1. The zero-order chi connectivity index (χ0) is 21.3. The molecule has 1 heterocycles. The number of benzene rings is 2. The van der Waals surface area contributed by atoms with Gasteiger partial charge in [0.15, 0.2) is 11.5 Å². The number of aromatic nitrogens is 1. The molecular formula is C22H24N4O3S. The summed E-state index contributed by atoms with van der Waals surface area (Å²) in [7, 11) is 1.62. The largest absolute Gasteiger partial charge is 0.493 e. The topological polar surface area (TPSA) is 84.8 Å². The van der Waals surface area contributed by atoms with Gasteiger partial charge in [0.2, 0.25) is 11.0 Å². The Morgan fingerprint density at radius 2 is 2.03 bits per heavy atom. The molecule has 1 amide bonds. The number of methoxy groups -OCH3 is 1. The van der Waals surface area contributed by atoms with Gasteiger partial charge in [-0.15, -0.1) is 11.3 Å². The van der Waals surface area contributed by atoms with Gasteiger partial charge in [0.1, 0.15) is 0 Å². The fourth-order valence-electron chi connectivity index (χ4n) is 2.70. The molecule has 0 atom stereocenters. The Kier molecular flexibility index (Phi) is 7.40. The van der Waals surface area contributed by atoms with Crippen LogP contribution >= 0.6 is 11.3 Å². The molecule has 7 nitrogen and oxygen atoms in total. The van der Waals surface area contributed by atoms with Gasteiger partial charge in [-0.2, -0.15) is 5.10 Å². The number of hydrazone groups is 1. The summed E-state index contributed by atoms with van der Waals surface area (Å²) in [6, 6.07) is 13.2. The van der Waals surface area contributed by atoms with Crippen LogP contribution in [-0.4, -0.2) is 30.8 Å². The first-order valence-electron chi connectivity index (χ1n) is 9.53. The molecule has 0 saturated heterocycles. The summed E-state index contributed by atoms with van der Waals surface area (Å²) >= 11 is 1.46. The van der Waals surface area contributed by atoms with Crippen molar-refractivity contribution in [1.82, 2.24) is 4.98 Å². The number of hydrogen-bond donors (Lipinski definition) is 2. The number of nitrogens with one attached hydrogen (secondary N) is 2. The summed E-state index contributed by atoms with van der Waals surface area (Å²) in [5.41, 5.74) is 6.33. The van der Waals surface area contributed by atoms with Crippen molar-refractivity contribution in [2.75, 3.05) is 24.5 Å². The van der Waals surface area contributed by atoms with Crippen molar-refractivity contribution in [3.05, 3.63) is 53.4 Å². The molecule has 0 unspecified atom stereocenters. The first-order valence-corrected chi connectivity index (χ1v) is 10.4. The van der Waals surface area contributed by atoms with E-state index in [-0.39, 0.29) is 5.91 Å². The van der Waals surface area contributed by atoms with Gasteiger partial charge < -0.3 is 14.8 Å². The zero-order valence-corrected chi connectivity index (χ0v) is 18.0. The van der Waals surface area contributed by atoms with E-state index in [9.17, 15) is 4.79 Å². The molecule has 2 N–H and O–H groups in total. The highest BCUT2D eigenvalue weighted by Crippen LogP contribution is 2.30. The van der Waals surface area contributed by atoms with E-state index in [4.69, 9.17) is 9.47 Å². The van der Waals surface area contributed by atoms with Gasteiger partial charge >= 0.3 is 0 Å². The molecule has 0 radical (unpaired) electrons. The second kappa shape index (κ2) is 10.4. The van der Waals surface area contributed by atoms with Crippen LogP contribution in [0.15, 0.2) is 52.9 Å². The smallest absolute Gasteiger partial charge is 0.221 e. The quantitative estimate of drug-likeness (QED) is 0.372. The minimum absolute atomic E-state index is 0.0972. The number of ether oxygens (including phenoxy) is 2.